The summed E-state index contributed by atoms with van der Waals surface area (Å²) in [4.78, 5) is 13.8. The number of amides is 1. The van der Waals surface area contributed by atoms with Crippen LogP contribution < -0.4 is 10.2 Å². The number of nitrogens with zero attached hydrogens (tertiary/aromatic N) is 1. The van der Waals surface area contributed by atoms with Crippen LogP contribution in [0.25, 0.3) is 0 Å². The van der Waals surface area contributed by atoms with Crippen molar-refractivity contribution in [2.75, 3.05) is 31.7 Å². The minimum atomic E-state index is -0.0265. The molecule has 0 aliphatic carbocycles. The van der Waals surface area contributed by atoms with Crippen LogP contribution in [0.1, 0.15) is 5.56 Å². The van der Waals surface area contributed by atoms with E-state index in [1.54, 1.807) is 4.90 Å². The lowest BCUT2D eigenvalue weighted by Gasteiger charge is -2.35. The monoisotopic (exact) mass is 268 g/mol. The van der Waals surface area contributed by atoms with Crippen LogP contribution in [0.15, 0.2) is 18.2 Å². The Morgan fingerprint density at radius 2 is 2.33 bits per heavy atom. The number of hydrogen-bond acceptors (Lipinski definition) is 3. The predicted octanol–water partition coefficient (Wildman–Crippen LogP) is 1.60. The normalized spacial score (nSPS) is 20.3. The molecule has 98 valence electrons. The van der Waals surface area contributed by atoms with Gasteiger partial charge in [-0.2, -0.15) is 0 Å². The third-order valence-electron chi connectivity index (χ3n) is 3.04. The maximum atomic E-state index is 12.0. The second-order valence-electron chi connectivity index (χ2n) is 4.42. The highest BCUT2D eigenvalue weighted by atomic mass is 35.5. The zero-order chi connectivity index (χ0) is 13.1. The lowest BCUT2D eigenvalue weighted by molar-refractivity contribution is -0.127. The van der Waals surface area contributed by atoms with Crippen molar-refractivity contribution < 1.29 is 9.53 Å². The van der Waals surface area contributed by atoms with E-state index in [2.05, 4.69) is 5.32 Å². The second kappa shape index (κ2) is 5.69. The Morgan fingerprint density at radius 3 is 3.00 bits per heavy atom. The van der Waals surface area contributed by atoms with Gasteiger partial charge in [-0.05, 0) is 31.7 Å². The van der Waals surface area contributed by atoms with Crippen molar-refractivity contribution in [3.05, 3.63) is 28.8 Å². The lowest BCUT2D eigenvalue weighted by atomic mass is 10.1. The highest BCUT2D eigenvalue weighted by Gasteiger charge is 2.29. The molecular weight excluding hydrogens is 252 g/mol. The standard InChI is InChI=1S/C13H17ClN2O2/c1-9-3-4-10(5-12(9)14)16-11(6-15-2)7-18-8-13(16)17/h3-5,11,15H,6-8H2,1-2H3. The number of nitrogens with one attached hydrogen (secondary N) is 1. The van der Waals surface area contributed by atoms with Crippen LogP contribution in [0.4, 0.5) is 5.69 Å². The molecule has 4 nitrogen and oxygen atoms in total. The quantitative estimate of drug-likeness (QED) is 0.905. The fourth-order valence-corrected chi connectivity index (χ4v) is 2.28. The molecule has 1 N–H and O–H groups in total. The molecule has 1 aromatic carbocycles. The summed E-state index contributed by atoms with van der Waals surface area (Å²) in [6.45, 7) is 3.30. The van der Waals surface area contributed by atoms with E-state index in [-0.39, 0.29) is 18.6 Å². The molecule has 1 aliphatic rings. The number of rotatable bonds is 3. The summed E-state index contributed by atoms with van der Waals surface area (Å²) in [5.41, 5.74) is 1.84. The van der Waals surface area contributed by atoms with Gasteiger partial charge >= 0.3 is 0 Å². The average Bonchev–Trinajstić information content (AvgIpc) is 2.34. The second-order valence-corrected chi connectivity index (χ2v) is 4.83. The van der Waals surface area contributed by atoms with E-state index in [4.69, 9.17) is 16.3 Å². The van der Waals surface area contributed by atoms with Crippen molar-refractivity contribution in [2.24, 2.45) is 0 Å². The highest BCUT2D eigenvalue weighted by molar-refractivity contribution is 6.31. The van der Waals surface area contributed by atoms with Gasteiger partial charge < -0.3 is 15.0 Å². The lowest BCUT2D eigenvalue weighted by Crippen LogP contribution is -2.53. The Bertz CT molecular complexity index is 449. The Balaban J connectivity index is 2.31. The minimum absolute atomic E-state index is 0.00928. The van der Waals surface area contributed by atoms with E-state index in [1.165, 1.54) is 0 Å². The molecule has 1 atom stereocenters. The van der Waals surface area contributed by atoms with Gasteiger partial charge in [0.2, 0.25) is 0 Å². The molecule has 0 radical (unpaired) electrons. The van der Waals surface area contributed by atoms with Gasteiger partial charge in [-0.25, -0.2) is 0 Å². The Hall–Kier alpha value is -1.10. The number of carbonyl (C=O) groups excluding carboxylic acids is 1. The van der Waals surface area contributed by atoms with Crippen LogP contribution in [0, 0.1) is 6.92 Å². The van der Waals surface area contributed by atoms with E-state index in [1.807, 2.05) is 32.2 Å². The van der Waals surface area contributed by atoms with Crippen molar-refractivity contribution in [1.29, 1.82) is 0 Å². The number of hydrogen-bond donors (Lipinski definition) is 1. The molecule has 0 spiro atoms. The molecule has 1 fully saturated rings. The first-order valence-corrected chi connectivity index (χ1v) is 6.32. The van der Waals surface area contributed by atoms with E-state index in [0.29, 0.717) is 18.2 Å². The zero-order valence-electron chi connectivity index (χ0n) is 10.6. The maximum absolute atomic E-state index is 12.0. The first kappa shape index (κ1) is 13.3. The first-order chi connectivity index (χ1) is 8.63. The van der Waals surface area contributed by atoms with Crippen LogP contribution in [-0.4, -0.2) is 38.8 Å². The molecule has 5 heteroatoms. The zero-order valence-corrected chi connectivity index (χ0v) is 11.3. The van der Waals surface area contributed by atoms with Crippen LogP contribution >= 0.6 is 11.6 Å². The van der Waals surface area contributed by atoms with Crippen LogP contribution in [0.5, 0.6) is 0 Å². The van der Waals surface area contributed by atoms with E-state index < -0.39 is 0 Å². The topological polar surface area (TPSA) is 41.6 Å². The fraction of sp³-hybridized carbons (Fsp3) is 0.462. The molecule has 0 bridgehead atoms. The number of benzene rings is 1. The van der Waals surface area contributed by atoms with Gasteiger partial charge in [0.1, 0.15) is 6.61 Å². The van der Waals surface area contributed by atoms with Crippen molar-refractivity contribution in [1.82, 2.24) is 5.32 Å². The van der Waals surface area contributed by atoms with Gasteiger partial charge in [-0.1, -0.05) is 17.7 Å². The molecule has 1 amide bonds. The average molecular weight is 269 g/mol. The van der Waals surface area contributed by atoms with Crippen molar-refractivity contribution in [3.8, 4) is 0 Å². The summed E-state index contributed by atoms with van der Waals surface area (Å²) >= 11 is 6.12. The molecule has 0 aromatic heterocycles. The predicted molar refractivity (Wildman–Crippen MR) is 72.2 cm³/mol. The number of anilines is 1. The Kier molecular flexibility index (Phi) is 4.22. The molecule has 1 aliphatic heterocycles. The summed E-state index contributed by atoms with van der Waals surface area (Å²) in [6.07, 6.45) is 0. The smallest absolute Gasteiger partial charge is 0.253 e. The van der Waals surface area contributed by atoms with E-state index in [0.717, 1.165) is 11.3 Å². The molecule has 1 heterocycles. The fourth-order valence-electron chi connectivity index (χ4n) is 2.10. The minimum Gasteiger partial charge on any atom is -0.369 e. The molecule has 2 rings (SSSR count). The molecule has 18 heavy (non-hydrogen) atoms. The van der Waals surface area contributed by atoms with E-state index >= 15 is 0 Å². The Morgan fingerprint density at radius 1 is 1.56 bits per heavy atom. The first-order valence-electron chi connectivity index (χ1n) is 5.94. The number of halogens is 1. The van der Waals surface area contributed by atoms with Crippen molar-refractivity contribution in [2.45, 2.75) is 13.0 Å². The molecule has 1 unspecified atom stereocenters. The van der Waals surface area contributed by atoms with Gasteiger partial charge in [0.15, 0.2) is 0 Å². The summed E-state index contributed by atoms with van der Waals surface area (Å²) in [6, 6.07) is 5.70. The molecule has 0 saturated carbocycles. The van der Waals surface area contributed by atoms with Crippen LogP contribution in [0.2, 0.25) is 5.02 Å². The summed E-state index contributed by atoms with van der Waals surface area (Å²) in [5, 5.41) is 3.75. The number of likely N-dealkylation sites (N-methyl/N-ethyl adjacent to an activating group) is 1. The van der Waals surface area contributed by atoms with E-state index in [9.17, 15) is 4.79 Å². The van der Waals surface area contributed by atoms with Gasteiger partial charge in [-0.3, -0.25) is 4.79 Å². The number of carbonyl (C=O) groups is 1. The van der Waals surface area contributed by atoms with Gasteiger partial charge in [-0.15, -0.1) is 0 Å². The Labute approximate surface area is 112 Å². The van der Waals surface area contributed by atoms with Crippen LogP contribution in [0.3, 0.4) is 0 Å². The number of morpholine rings is 1. The summed E-state index contributed by atoms with van der Waals surface area (Å²) < 4.78 is 5.29. The summed E-state index contributed by atoms with van der Waals surface area (Å²) in [5.74, 6) is -0.0265. The van der Waals surface area contributed by atoms with Crippen molar-refractivity contribution >= 4 is 23.2 Å². The number of ether oxygens (including phenoxy) is 1. The van der Waals surface area contributed by atoms with Gasteiger partial charge in [0.05, 0.1) is 12.6 Å². The molecule has 1 saturated heterocycles. The van der Waals surface area contributed by atoms with Gasteiger partial charge in [0, 0.05) is 17.3 Å². The van der Waals surface area contributed by atoms with Gasteiger partial charge in [0.25, 0.3) is 5.91 Å². The molecule has 1 aromatic rings. The third kappa shape index (κ3) is 2.66. The highest BCUT2D eigenvalue weighted by Crippen LogP contribution is 2.26. The summed E-state index contributed by atoms with van der Waals surface area (Å²) in [7, 11) is 1.86. The largest absolute Gasteiger partial charge is 0.369 e. The SMILES string of the molecule is CNCC1COCC(=O)N1c1ccc(C)c(Cl)c1. The maximum Gasteiger partial charge on any atom is 0.253 e. The van der Waals surface area contributed by atoms with Crippen molar-refractivity contribution in [3.63, 3.8) is 0 Å². The number of aryl methyl sites for hydroxylation is 1. The third-order valence-corrected chi connectivity index (χ3v) is 3.45. The molecular formula is C13H17ClN2O2. The van der Waals surface area contributed by atoms with Crippen LogP contribution in [-0.2, 0) is 9.53 Å².